The van der Waals surface area contributed by atoms with Gasteiger partial charge in [-0.1, -0.05) is 6.07 Å². The van der Waals surface area contributed by atoms with Crippen LogP contribution in [-0.2, 0) is 0 Å². The highest BCUT2D eigenvalue weighted by Crippen LogP contribution is 2.24. The zero-order valence-electron chi connectivity index (χ0n) is 12.1. The second-order valence-electron chi connectivity index (χ2n) is 5.37. The van der Waals surface area contributed by atoms with Crippen molar-refractivity contribution in [3.63, 3.8) is 0 Å². The highest BCUT2D eigenvalue weighted by molar-refractivity contribution is 5.34. The summed E-state index contributed by atoms with van der Waals surface area (Å²) in [6.07, 6.45) is 5.61. The van der Waals surface area contributed by atoms with Crippen LogP contribution < -0.4 is 5.32 Å². The van der Waals surface area contributed by atoms with Crippen molar-refractivity contribution in [2.24, 2.45) is 0 Å². The monoisotopic (exact) mass is 295 g/mol. The highest BCUT2D eigenvalue weighted by atomic mass is 16.3. The molecule has 0 amide bonds. The van der Waals surface area contributed by atoms with Crippen molar-refractivity contribution < 1.29 is 5.11 Å². The maximum Gasteiger partial charge on any atom is 0.223 e. The Bertz CT molecular complexity index is 670. The number of aromatic nitrogens is 3. The average molecular weight is 295 g/mol. The molecule has 0 aliphatic heterocycles. The van der Waals surface area contributed by atoms with Gasteiger partial charge in [0.1, 0.15) is 5.92 Å². The maximum atomic E-state index is 9.87. The molecule has 1 saturated carbocycles. The molecule has 3 atom stereocenters. The fourth-order valence-corrected chi connectivity index (χ4v) is 2.71. The molecule has 1 fully saturated rings. The number of rotatable bonds is 4. The fourth-order valence-electron chi connectivity index (χ4n) is 2.71. The molecule has 0 saturated heterocycles. The summed E-state index contributed by atoms with van der Waals surface area (Å²) in [7, 11) is 0. The number of nitriles is 1. The van der Waals surface area contributed by atoms with Gasteiger partial charge < -0.3 is 10.4 Å². The van der Waals surface area contributed by atoms with Crippen molar-refractivity contribution in [1.82, 2.24) is 15.0 Å². The Balaban J connectivity index is 1.82. The van der Waals surface area contributed by atoms with E-state index in [9.17, 15) is 10.4 Å². The van der Waals surface area contributed by atoms with Crippen LogP contribution in [0.25, 0.3) is 0 Å². The number of pyridine rings is 1. The summed E-state index contributed by atoms with van der Waals surface area (Å²) < 4.78 is 0. The maximum absolute atomic E-state index is 9.87. The van der Waals surface area contributed by atoms with E-state index in [1.807, 2.05) is 18.2 Å². The van der Waals surface area contributed by atoms with E-state index in [0.29, 0.717) is 17.3 Å². The molecule has 3 unspecified atom stereocenters. The first-order valence-corrected chi connectivity index (χ1v) is 7.36. The number of aliphatic hydroxyl groups excluding tert-OH is 1. The molecule has 0 spiro atoms. The summed E-state index contributed by atoms with van der Waals surface area (Å²) in [6.45, 7) is 0. The molecule has 2 aromatic rings. The smallest absolute Gasteiger partial charge is 0.223 e. The van der Waals surface area contributed by atoms with Gasteiger partial charge in [0, 0.05) is 12.4 Å². The first kappa shape index (κ1) is 14.4. The molecule has 22 heavy (non-hydrogen) atoms. The minimum atomic E-state index is -0.529. The second kappa shape index (κ2) is 6.50. The third kappa shape index (κ3) is 3.05. The lowest BCUT2D eigenvalue weighted by Crippen LogP contribution is -2.29. The van der Waals surface area contributed by atoms with Crippen LogP contribution in [0, 0.1) is 11.3 Å². The average Bonchev–Trinajstić information content (AvgIpc) is 2.95. The molecule has 3 rings (SSSR count). The second-order valence-corrected chi connectivity index (χ2v) is 5.37. The van der Waals surface area contributed by atoms with Crippen LogP contribution in [0.5, 0.6) is 0 Å². The van der Waals surface area contributed by atoms with E-state index in [4.69, 9.17) is 0 Å². The van der Waals surface area contributed by atoms with Crippen LogP contribution >= 0.6 is 0 Å². The van der Waals surface area contributed by atoms with Crippen LogP contribution in [0.4, 0.5) is 5.95 Å². The molecular weight excluding hydrogens is 278 g/mol. The quantitative estimate of drug-likeness (QED) is 0.894. The molecule has 1 aliphatic carbocycles. The van der Waals surface area contributed by atoms with E-state index >= 15 is 0 Å². The summed E-state index contributed by atoms with van der Waals surface area (Å²) in [5.74, 6) is -0.0853. The Morgan fingerprint density at radius 3 is 2.77 bits per heavy atom. The van der Waals surface area contributed by atoms with Crippen LogP contribution in [-0.4, -0.2) is 32.2 Å². The standard InChI is InChI=1S/C16H17N5O/c17-10-11(12-4-1-2-8-18-12)13-7-9-19-16(20-13)21-14-5-3-6-15(14)22/h1-2,4,7-9,11,14-15,22H,3,5-6H2,(H,19,20,21). The van der Waals surface area contributed by atoms with Crippen molar-refractivity contribution in [1.29, 1.82) is 5.26 Å². The van der Waals surface area contributed by atoms with Crippen molar-refractivity contribution in [3.05, 3.63) is 48.0 Å². The van der Waals surface area contributed by atoms with Gasteiger partial charge in [0.2, 0.25) is 5.95 Å². The Hall–Kier alpha value is -2.52. The van der Waals surface area contributed by atoms with E-state index in [-0.39, 0.29) is 12.1 Å². The third-order valence-electron chi connectivity index (χ3n) is 3.88. The Kier molecular flexibility index (Phi) is 4.26. The molecular formula is C16H17N5O. The van der Waals surface area contributed by atoms with Gasteiger partial charge in [-0.05, 0) is 37.5 Å². The van der Waals surface area contributed by atoms with Crippen LogP contribution in [0.15, 0.2) is 36.7 Å². The Morgan fingerprint density at radius 1 is 1.18 bits per heavy atom. The van der Waals surface area contributed by atoms with Crippen LogP contribution in [0.1, 0.15) is 36.6 Å². The third-order valence-corrected chi connectivity index (χ3v) is 3.88. The van der Waals surface area contributed by atoms with E-state index in [1.165, 1.54) is 0 Å². The minimum absolute atomic E-state index is 0.0226. The predicted molar refractivity (Wildman–Crippen MR) is 81.0 cm³/mol. The van der Waals surface area contributed by atoms with Gasteiger partial charge in [-0.3, -0.25) is 4.98 Å². The summed E-state index contributed by atoms with van der Waals surface area (Å²) >= 11 is 0. The zero-order chi connectivity index (χ0) is 15.4. The molecule has 0 radical (unpaired) electrons. The Morgan fingerprint density at radius 2 is 2.09 bits per heavy atom. The van der Waals surface area contributed by atoms with Gasteiger partial charge >= 0.3 is 0 Å². The Labute approximate surface area is 128 Å². The topological polar surface area (TPSA) is 94.7 Å². The summed E-state index contributed by atoms with van der Waals surface area (Å²) in [5.41, 5.74) is 1.27. The molecule has 112 valence electrons. The van der Waals surface area contributed by atoms with Gasteiger partial charge in [-0.25, -0.2) is 9.97 Å². The number of hydrogen-bond donors (Lipinski definition) is 2. The van der Waals surface area contributed by atoms with Crippen molar-refractivity contribution in [2.75, 3.05) is 5.32 Å². The molecule has 0 bridgehead atoms. The number of anilines is 1. The fraction of sp³-hybridized carbons (Fsp3) is 0.375. The number of nitrogens with one attached hydrogen (secondary N) is 1. The highest BCUT2D eigenvalue weighted by Gasteiger charge is 2.26. The van der Waals surface area contributed by atoms with E-state index < -0.39 is 5.92 Å². The van der Waals surface area contributed by atoms with Crippen LogP contribution in [0.2, 0.25) is 0 Å². The molecule has 2 aromatic heterocycles. The minimum Gasteiger partial charge on any atom is -0.391 e. The predicted octanol–water partition coefficient (Wildman–Crippen LogP) is 1.85. The molecule has 6 nitrogen and oxygen atoms in total. The first-order valence-electron chi connectivity index (χ1n) is 7.36. The van der Waals surface area contributed by atoms with Gasteiger partial charge in [0.25, 0.3) is 0 Å². The number of aliphatic hydroxyl groups is 1. The molecule has 1 aliphatic rings. The number of nitrogens with zero attached hydrogens (tertiary/aromatic N) is 4. The number of hydrogen-bond acceptors (Lipinski definition) is 6. The van der Waals surface area contributed by atoms with E-state index in [2.05, 4.69) is 26.3 Å². The van der Waals surface area contributed by atoms with Gasteiger partial charge in [0.05, 0.1) is 29.6 Å². The van der Waals surface area contributed by atoms with E-state index in [0.717, 1.165) is 19.3 Å². The van der Waals surface area contributed by atoms with Gasteiger partial charge in [-0.2, -0.15) is 5.26 Å². The SMILES string of the molecule is N#CC(c1ccccn1)c1ccnc(NC2CCCC2O)n1. The lowest BCUT2D eigenvalue weighted by atomic mass is 10.0. The van der Waals surface area contributed by atoms with Crippen molar-refractivity contribution >= 4 is 5.95 Å². The lowest BCUT2D eigenvalue weighted by Gasteiger charge is -2.17. The summed E-state index contributed by atoms with van der Waals surface area (Å²) in [5, 5.41) is 22.5. The summed E-state index contributed by atoms with van der Waals surface area (Å²) in [6, 6.07) is 9.40. The normalized spacial score (nSPS) is 22.0. The zero-order valence-corrected chi connectivity index (χ0v) is 12.1. The molecule has 2 heterocycles. The molecule has 0 aromatic carbocycles. The van der Waals surface area contributed by atoms with Crippen molar-refractivity contribution in [3.8, 4) is 6.07 Å². The summed E-state index contributed by atoms with van der Waals surface area (Å²) in [4.78, 5) is 12.8. The van der Waals surface area contributed by atoms with Gasteiger partial charge in [-0.15, -0.1) is 0 Å². The van der Waals surface area contributed by atoms with Crippen molar-refractivity contribution in [2.45, 2.75) is 37.3 Å². The largest absolute Gasteiger partial charge is 0.391 e. The molecule has 2 N–H and O–H groups in total. The van der Waals surface area contributed by atoms with E-state index in [1.54, 1.807) is 18.5 Å². The first-order chi connectivity index (χ1) is 10.8. The molecule has 6 heteroatoms. The van der Waals surface area contributed by atoms with Gasteiger partial charge in [0.15, 0.2) is 0 Å². The lowest BCUT2D eigenvalue weighted by molar-refractivity contribution is 0.171. The van der Waals surface area contributed by atoms with Crippen LogP contribution in [0.3, 0.4) is 0 Å².